The summed E-state index contributed by atoms with van der Waals surface area (Å²) in [5, 5.41) is 0. The molecule has 1 fully saturated rings. The van der Waals surface area contributed by atoms with Crippen LogP contribution in [0.5, 0.6) is 0 Å². The fraction of sp³-hybridized carbons (Fsp3) is 0.348. The molecule has 0 N–H and O–H groups in total. The van der Waals surface area contributed by atoms with E-state index in [-0.39, 0.29) is 11.7 Å². The molecule has 1 unspecified atom stereocenters. The number of hydrogen-bond acceptors (Lipinski definition) is 4. The van der Waals surface area contributed by atoms with Crippen LogP contribution in [-0.4, -0.2) is 34.0 Å². The number of carbonyl (C=O) groups excluding carboxylic acids is 1. The number of aryl methyl sites for hydroxylation is 1. The third kappa shape index (κ3) is 4.90. The van der Waals surface area contributed by atoms with Crippen molar-refractivity contribution in [2.24, 2.45) is 5.92 Å². The van der Waals surface area contributed by atoms with E-state index in [2.05, 4.69) is 36.1 Å². The summed E-state index contributed by atoms with van der Waals surface area (Å²) < 4.78 is 23.2. The van der Waals surface area contributed by atoms with E-state index >= 15 is 0 Å². The van der Waals surface area contributed by atoms with Crippen LogP contribution in [0.3, 0.4) is 0 Å². The molecule has 1 aliphatic rings. The minimum Gasteiger partial charge on any atom is -0.374 e. The second-order valence-electron chi connectivity index (χ2n) is 7.68. The molecule has 1 saturated carbocycles. The van der Waals surface area contributed by atoms with Crippen LogP contribution >= 0.6 is 0 Å². The van der Waals surface area contributed by atoms with E-state index in [4.69, 9.17) is 0 Å². The molecule has 0 bridgehead atoms. The normalized spacial score (nSPS) is 19.0. The summed E-state index contributed by atoms with van der Waals surface area (Å²) in [4.78, 5) is 15.4. The SMILES string of the molecule is Cc1ccc(N(C)CC2CCC/C(=C\c3ccc(S(C)(=O)=O)cc3)C2=O)cc1. The van der Waals surface area contributed by atoms with Crippen molar-refractivity contribution < 1.29 is 13.2 Å². The molecule has 4 nitrogen and oxygen atoms in total. The first-order valence-corrected chi connectivity index (χ1v) is 11.5. The summed E-state index contributed by atoms with van der Waals surface area (Å²) in [6.07, 6.45) is 5.77. The van der Waals surface area contributed by atoms with Gasteiger partial charge in [-0.05, 0) is 67.7 Å². The average molecular weight is 398 g/mol. The first-order valence-electron chi connectivity index (χ1n) is 9.57. The minimum absolute atomic E-state index is 0.0124. The van der Waals surface area contributed by atoms with Gasteiger partial charge in [0.2, 0.25) is 0 Å². The zero-order valence-electron chi connectivity index (χ0n) is 16.7. The van der Waals surface area contributed by atoms with Crippen molar-refractivity contribution in [2.45, 2.75) is 31.1 Å². The third-order valence-electron chi connectivity index (χ3n) is 5.30. The highest BCUT2D eigenvalue weighted by atomic mass is 32.2. The van der Waals surface area contributed by atoms with Crippen LogP contribution in [0.1, 0.15) is 30.4 Å². The number of nitrogens with zero attached hydrogens (tertiary/aromatic N) is 1. The molecule has 148 valence electrons. The number of Topliss-reactive ketones (excluding diaryl/α,β-unsaturated/α-hetero) is 1. The van der Waals surface area contributed by atoms with Gasteiger partial charge in [0.05, 0.1) is 4.90 Å². The van der Waals surface area contributed by atoms with Gasteiger partial charge in [0.1, 0.15) is 0 Å². The van der Waals surface area contributed by atoms with E-state index < -0.39 is 9.84 Å². The quantitative estimate of drug-likeness (QED) is 0.707. The van der Waals surface area contributed by atoms with Gasteiger partial charge in [-0.2, -0.15) is 0 Å². The van der Waals surface area contributed by atoms with Crippen LogP contribution < -0.4 is 4.90 Å². The predicted octanol–water partition coefficient (Wildman–Crippen LogP) is 4.29. The summed E-state index contributed by atoms with van der Waals surface area (Å²) in [5.74, 6) is 0.194. The molecular formula is C23H27NO3S. The second-order valence-corrected chi connectivity index (χ2v) is 9.70. The standard InChI is InChI=1S/C23H27NO3S/c1-17-7-11-21(12-8-17)24(2)16-20-6-4-5-19(23(20)25)15-18-9-13-22(14-10-18)28(3,26)27/h7-15,20H,4-6,16H2,1-3H3/b19-15+. The number of rotatable bonds is 5. The monoisotopic (exact) mass is 397 g/mol. The van der Waals surface area contributed by atoms with Gasteiger partial charge in [0.15, 0.2) is 15.6 Å². The molecule has 1 aliphatic carbocycles. The summed E-state index contributed by atoms with van der Waals surface area (Å²) in [7, 11) is -1.18. The molecule has 3 rings (SSSR count). The van der Waals surface area contributed by atoms with Crippen LogP contribution in [0.4, 0.5) is 5.69 Å². The molecule has 0 radical (unpaired) electrons. The maximum atomic E-state index is 13.0. The van der Waals surface area contributed by atoms with Crippen molar-refractivity contribution in [3.05, 3.63) is 65.2 Å². The van der Waals surface area contributed by atoms with Gasteiger partial charge in [-0.1, -0.05) is 29.8 Å². The maximum Gasteiger partial charge on any atom is 0.175 e. The van der Waals surface area contributed by atoms with Gasteiger partial charge in [-0.25, -0.2) is 8.42 Å². The van der Waals surface area contributed by atoms with E-state index in [1.165, 1.54) is 11.8 Å². The lowest BCUT2D eigenvalue weighted by molar-refractivity contribution is -0.120. The zero-order valence-corrected chi connectivity index (χ0v) is 17.5. The number of carbonyl (C=O) groups is 1. The van der Waals surface area contributed by atoms with Crippen LogP contribution in [0.2, 0.25) is 0 Å². The van der Waals surface area contributed by atoms with E-state index in [1.807, 2.05) is 13.1 Å². The van der Waals surface area contributed by atoms with Gasteiger partial charge < -0.3 is 4.90 Å². The predicted molar refractivity (Wildman–Crippen MR) is 114 cm³/mol. The molecule has 28 heavy (non-hydrogen) atoms. The van der Waals surface area contributed by atoms with Crippen molar-refractivity contribution in [3.63, 3.8) is 0 Å². The van der Waals surface area contributed by atoms with Crippen LogP contribution in [0.25, 0.3) is 6.08 Å². The highest BCUT2D eigenvalue weighted by molar-refractivity contribution is 7.90. The summed E-state index contributed by atoms with van der Waals surface area (Å²) in [5.41, 5.74) is 4.04. The fourth-order valence-corrected chi connectivity index (χ4v) is 4.25. The fourth-order valence-electron chi connectivity index (χ4n) is 3.62. The molecule has 5 heteroatoms. The van der Waals surface area contributed by atoms with Crippen LogP contribution in [-0.2, 0) is 14.6 Å². The Bertz CT molecular complexity index is 974. The molecule has 2 aromatic carbocycles. The highest BCUT2D eigenvalue weighted by Crippen LogP contribution is 2.29. The van der Waals surface area contributed by atoms with Crippen molar-refractivity contribution >= 4 is 27.4 Å². The molecule has 0 aromatic heterocycles. The topological polar surface area (TPSA) is 54.5 Å². The largest absolute Gasteiger partial charge is 0.374 e. The number of hydrogen-bond donors (Lipinski definition) is 0. The van der Waals surface area contributed by atoms with E-state index in [0.717, 1.165) is 36.1 Å². The van der Waals surface area contributed by atoms with Gasteiger partial charge >= 0.3 is 0 Å². The molecule has 2 aromatic rings. The lowest BCUT2D eigenvalue weighted by atomic mass is 9.83. The number of benzene rings is 2. The molecule has 0 heterocycles. The smallest absolute Gasteiger partial charge is 0.175 e. The lowest BCUT2D eigenvalue weighted by Crippen LogP contribution is -2.33. The molecular weight excluding hydrogens is 370 g/mol. The Labute approximate surface area is 167 Å². The van der Waals surface area contributed by atoms with E-state index in [9.17, 15) is 13.2 Å². The second kappa shape index (κ2) is 8.31. The lowest BCUT2D eigenvalue weighted by Gasteiger charge is -2.28. The Balaban J connectivity index is 1.72. The summed E-state index contributed by atoms with van der Waals surface area (Å²) >= 11 is 0. The first-order chi connectivity index (χ1) is 13.2. The zero-order chi connectivity index (χ0) is 20.3. The maximum absolute atomic E-state index is 13.0. The van der Waals surface area contributed by atoms with Gasteiger partial charge in [0.25, 0.3) is 0 Å². The Hall–Kier alpha value is -2.40. The molecule has 0 saturated heterocycles. The molecule has 0 aliphatic heterocycles. The van der Waals surface area contributed by atoms with E-state index in [1.54, 1.807) is 24.3 Å². The Morgan fingerprint density at radius 1 is 1.07 bits per heavy atom. The summed E-state index contributed by atoms with van der Waals surface area (Å²) in [6, 6.07) is 15.1. The summed E-state index contributed by atoms with van der Waals surface area (Å²) in [6.45, 7) is 2.76. The number of allylic oxidation sites excluding steroid dienone is 1. The average Bonchev–Trinajstić information content (AvgIpc) is 2.65. The highest BCUT2D eigenvalue weighted by Gasteiger charge is 2.27. The van der Waals surface area contributed by atoms with Gasteiger partial charge in [0, 0.05) is 31.5 Å². The van der Waals surface area contributed by atoms with E-state index in [0.29, 0.717) is 11.4 Å². The van der Waals surface area contributed by atoms with Crippen molar-refractivity contribution in [3.8, 4) is 0 Å². The van der Waals surface area contributed by atoms with Gasteiger partial charge in [-0.3, -0.25) is 4.79 Å². The van der Waals surface area contributed by atoms with Crippen molar-refractivity contribution in [1.29, 1.82) is 0 Å². The third-order valence-corrected chi connectivity index (χ3v) is 6.43. The molecule has 0 spiro atoms. The van der Waals surface area contributed by atoms with Crippen molar-refractivity contribution in [2.75, 3.05) is 24.7 Å². The first kappa shape index (κ1) is 20.3. The number of sulfone groups is 1. The van der Waals surface area contributed by atoms with Crippen LogP contribution in [0, 0.1) is 12.8 Å². The Kier molecular flexibility index (Phi) is 6.04. The molecule has 0 amide bonds. The minimum atomic E-state index is -3.21. The number of anilines is 1. The Morgan fingerprint density at radius 3 is 2.32 bits per heavy atom. The Morgan fingerprint density at radius 2 is 1.71 bits per heavy atom. The number of ketones is 1. The van der Waals surface area contributed by atoms with Crippen LogP contribution in [0.15, 0.2) is 59.0 Å². The van der Waals surface area contributed by atoms with Gasteiger partial charge in [-0.15, -0.1) is 0 Å². The van der Waals surface area contributed by atoms with Crippen molar-refractivity contribution in [1.82, 2.24) is 0 Å². The molecule has 1 atom stereocenters.